The molecule has 0 aliphatic rings. The van der Waals surface area contributed by atoms with E-state index >= 15 is 0 Å². The second kappa shape index (κ2) is 5.53. The Morgan fingerprint density at radius 3 is 2.44 bits per heavy atom. The molecule has 0 fully saturated rings. The number of aryl methyl sites for hydroxylation is 2. The van der Waals surface area contributed by atoms with Gasteiger partial charge in [-0.2, -0.15) is 0 Å². The molecule has 1 atom stereocenters. The molecule has 0 bridgehead atoms. The molecule has 1 N–H and O–H groups in total. The van der Waals surface area contributed by atoms with E-state index in [1.165, 1.54) is 18.2 Å². The Morgan fingerprint density at radius 2 is 1.94 bits per heavy atom. The lowest BCUT2D eigenvalue weighted by molar-refractivity contribution is -0.152. The van der Waals surface area contributed by atoms with Crippen LogP contribution < -0.4 is 5.32 Å². The van der Waals surface area contributed by atoms with E-state index in [0.717, 1.165) is 5.56 Å². The largest absolute Gasteiger partial charge is 0.469 e. The van der Waals surface area contributed by atoms with Crippen LogP contribution in [0.3, 0.4) is 0 Å². The van der Waals surface area contributed by atoms with E-state index in [-0.39, 0.29) is 12.0 Å². The lowest BCUT2D eigenvalue weighted by Crippen LogP contribution is -2.39. The van der Waals surface area contributed by atoms with E-state index in [2.05, 4.69) is 37.4 Å². The Morgan fingerprint density at radius 1 is 1.33 bits per heavy atom. The Hall–Kier alpha value is -1.35. The minimum atomic E-state index is -0.609. The smallest absolute Gasteiger partial charge is 0.313 e. The van der Waals surface area contributed by atoms with Crippen molar-refractivity contribution < 1.29 is 9.53 Å². The molecule has 1 unspecified atom stereocenters. The van der Waals surface area contributed by atoms with E-state index in [9.17, 15) is 4.79 Å². The van der Waals surface area contributed by atoms with Gasteiger partial charge in [-0.05, 0) is 45.9 Å². The number of hydrogen-bond donors (Lipinski definition) is 1. The minimum absolute atomic E-state index is 0.0650. The van der Waals surface area contributed by atoms with Crippen molar-refractivity contribution in [2.45, 2.75) is 33.7 Å². The Labute approximate surface area is 110 Å². The summed E-state index contributed by atoms with van der Waals surface area (Å²) in [7, 11) is 3.30. The van der Waals surface area contributed by atoms with Crippen molar-refractivity contribution in [3.63, 3.8) is 0 Å². The number of carbonyl (C=O) groups is 1. The van der Waals surface area contributed by atoms with Gasteiger partial charge in [-0.3, -0.25) is 4.79 Å². The zero-order valence-electron chi connectivity index (χ0n) is 12.1. The van der Waals surface area contributed by atoms with Gasteiger partial charge >= 0.3 is 5.97 Å². The molecule has 3 heteroatoms. The van der Waals surface area contributed by atoms with Crippen molar-refractivity contribution in [2.75, 3.05) is 14.2 Å². The molecular weight excluding hydrogens is 226 g/mol. The highest BCUT2D eigenvalue weighted by atomic mass is 16.5. The van der Waals surface area contributed by atoms with Crippen LogP contribution in [0.4, 0.5) is 0 Å². The van der Waals surface area contributed by atoms with Gasteiger partial charge < -0.3 is 10.1 Å². The second-order valence-corrected chi connectivity index (χ2v) is 5.29. The van der Waals surface area contributed by atoms with Crippen molar-refractivity contribution in [3.05, 3.63) is 34.9 Å². The quantitative estimate of drug-likeness (QED) is 0.834. The van der Waals surface area contributed by atoms with Crippen LogP contribution in [0.25, 0.3) is 0 Å². The maximum atomic E-state index is 11.9. The summed E-state index contributed by atoms with van der Waals surface area (Å²) < 4.78 is 4.91. The molecule has 0 spiro atoms. The van der Waals surface area contributed by atoms with Crippen LogP contribution in [0.1, 0.15) is 36.6 Å². The Balaban J connectivity index is 3.25. The van der Waals surface area contributed by atoms with Gasteiger partial charge in [-0.25, -0.2) is 0 Å². The second-order valence-electron chi connectivity index (χ2n) is 5.29. The number of hydrogen-bond acceptors (Lipinski definition) is 3. The molecule has 0 saturated heterocycles. The van der Waals surface area contributed by atoms with Crippen molar-refractivity contribution >= 4 is 5.97 Å². The molecule has 3 nitrogen and oxygen atoms in total. The average molecular weight is 249 g/mol. The first kappa shape index (κ1) is 14.7. The van der Waals surface area contributed by atoms with E-state index < -0.39 is 5.41 Å². The van der Waals surface area contributed by atoms with Gasteiger partial charge in [0.25, 0.3) is 0 Å². The molecule has 0 saturated carbocycles. The fraction of sp³-hybridized carbons (Fsp3) is 0.533. The predicted octanol–water partition coefficient (Wildman–Crippen LogP) is 2.76. The molecule has 0 heterocycles. The molecule has 0 amide bonds. The lowest BCUT2D eigenvalue weighted by atomic mass is 9.79. The van der Waals surface area contributed by atoms with Gasteiger partial charge in [-0.15, -0.1) is 0 Å². The zero-order valence-corrected chi connectivity index (χ0v) is 12.1. The van der Waals surface area contributed by atoms with Gasteiger partial charge in [0.15, 0.2) is 0 Å². The fourth-order valence-electron chi connectivity index (χ4n) is 2.36. The fourth-order valence-corrected chi connectivity index (χ4v) is 2.36. The normalized spacial score (nSPS) is 13.2. The first-order chi connectivity index (χ1) is 8.34. The predicted molar refractivity (Wildman–Crippen MR) is 73.5 cm³/mol. The van der Waals surface area contributed by atoms with Crippen LogP contribution in [0.15, 0.2) is 18.2 Å². The van der Waals surface area contributed by atoms with Crippen LogP contribution in [0.5, 0.6) is 0 Å². The zero-order chi connectivity index (χ0) is 13.9. The SMILES string of the molecule is CNC(c1cc(C)ccc1C)C(C)(C)C(=O)OC. The van der Waals surface area contributed by atoms with Gasteiger partial charge in [0.05, 0.1) is 12.5 Å². The molecule has 1 rings (SSSR count). The molecule has 0 radical (unpaired) electrons. The van der Waals surface area contributed by atoms with Crippen molar-refractivity contribution in [3.8, 4) is 0 Å². The molecule has 1 aromatic carbocycles. The number of benzene rings is 1. The summed E-state index contributed by atoms with van der Waals surface area (Å²) in [5, 5.41) is 3.24. The van der Waals surface area contributed by atoms with Gasteiger partial charge in [-0.1, -0.05) is 23.8 Å². The molecule has 0 aliphatic heterocycles. The summed E-state index contributed by atoms with van der Waals surface area (Å²) >= 11 is 0. The highest BCUT2D eigenvalue weighted by Gasteiger charge is 2.38. The highest BCUT2D eigenvalue weighted by molar-refractivity contribution is 5.77. The van der Waals surface area contributed by atoms with Gasteiger partial charge in [0, 0.05) is 6.04 Å². The van der Waals surface area contributed by atoms with Crippen molar-refractivity contribution in [2.24, 2.45) is 5.41 Å². The third kappa shape index (κ3) is 2.72. The topological polar surface area (TPSA) is 38.3 Å². The van der Waals surface area contributed by atoms with E-state index in [4.69, 9.17) is 4.74 Å². The van der Waals surface area contributed by atoms with Crippen molar-refractivity contribution in [1.82, 2.24) is 5.32 Å². The first-order valence-corrected chi connectivity index (χ1v) is 6.17. The van der Waals surface area contributed by atoms with Crippen LogP contribution in [0.2, 0.25) is 0 Å². The number of methoxy groups -OCH3 is 1. The van der Waals surface area contributed by atoms with Crippen molar-refractivity contribution in [1.29, 1.82) is 0 Å². The first-order valence-electron chi connectivity index (χ1n) is 6.17. The summed E-state index contributed by atoms with van der Waals surface area (Å²) in [5.74, 6) is -0.206. The van der Waals surface area contributed by atoms with E-state index in [1.54, 1.807) is 0 Å². The standard InChI is InChI=1S/C15H23NO2/c1-10-7-8-11(2)12(9-10)13(16-5)15(3,4)14(17)18-6/h7-9,13,16H,1-6H3. The monoisotopic (exact) mass is 249 g/mol. The maximum Gasteiger partial charge on any atom is 0.313 e. The minimum Gasteiger partial charge on any atom is -0.469 e. The van der Waals surface area contributed by atoms with Gasteiger partial charge in [0.2, 0.25) is 0 Å². The molecular formula is C15H23NO2. The number of esters is 1. The van der Waals surface area contributed by atoms with E-state index in [1.807, 2.05) is 20.9 Å². The number of carbonyl (C=O) groups excluding carboxylic acids is 1. The van der Waals surface area contributed by atoms with Crippen LogP contribution >= 0.6 is 0 Å². The Bertz CT molecular complexity index is 438. The number of rotatable bonds is 4. The average Bonchev–Trinajstić information content (AvgIpc) is 2.33. The third-order valence-corrected chi connectivity index (χ3v) is 3.47. The summed E-state index contributed by atoms with van der Waals surface area (Å²) in [5.41, 5.74) is 2.91. The number of ether oxygens (including phenoxy) is 1. The van der Waals surface area contributed by atoms with Gasteiger partial charge in [0.1, 0.15) is 0 Å². The molecule has 1 aromatic rings. The van der Waals surface area contributed by atoms with E-state index in [0.29, 0.717) is 0 Å². The third-order valence-electron chi connectivity index (χ3n) is 3.47. The molecule has 100 valence electrons. The summed E-state index contributed by atoms with van der Waals surface area (Å²) in [4.78, 5) is 11.9. The highest BCUT2D eigenvalue weighted by Crippen LogP contribution is 2.36. The summed E-state index contributed by atoms with van der Waals surface area (Å²) in [6, 6.07) is 6.23. The maximum absolute atomic E-state index is 11.9. The molecule has 0 aliphatic carbocycles. The number of nitrogens with one attached hydrogen (secondary N) is 1. The Kier molecular flexibility index (Phi) is 4.52. The summed E-state index contributed by atoms with van der Waals surface area (Å²) in [6.07, 6.45) is 0. The van der Waals surface area contributed by atoms with Crippen LogP contribution in [-0.2, 0) is 9.53 Å². The molecule has 18 heavy (non-hydrogen) atoms. The van der Waals surface area contributed by atoms with Crippen LogP contribution in [-0.4, -0.2) is 20.1 Å². The lowest BCUT2D eigenvalue weighted by Gasteiger charge is -2.33. The molecule has 0 aromatic heterocycles. The van der Waals surface area contributed by atoms with Crippen LogP contribution in [0, 0.1) is 19.3 Å². The summed E-state index contributed by atoms with van der Waals surface area (Å²) in [6.45, 7) is 7.93.